The Balaban J connectivity index is 1.69. The molecule has 1 N–H and O–H groups in total. The Labute approximate surface area is 164 Å². The molecule has 0 aliphatic carbocycles. The second-order valence-corrected chi connectivity index (χ2v) is 7.00. The number of carboxylic acid groups (broad SMARTS) is 1. The van der Waals surface area contributed by atoms with Crippen LogP contribution in [0.5, 0.6) is 11.5 Å². The van der Waals surface area contributed by atoms with Gasteiger partial charge in [-0.25, -0.2) is 0 Å². The summed E-state index contributed by atoms with van der Waals surface area (Å²) in [6.07, 6.45) is 0.0609. The van der Waals surface area contributed by atoms with Gasteiger partial charge in [-0.15, -0.1) is 0 Å². The summed E-state index contributed by atoms with van der Waals surface area (Å²) in [4.78, 5) is 24.8. The molecular weight excluding hydrogens is 358 g/mol. The zero-order valence-corrected chi connectivity index (χ0v) is 16.2. The number of carbonyl (C=O) groups is 2. The number of carboxylic acids is 1. The number of ether oxygens (including phenoxy) is 2. The highest BCUT2D eigenvalue weighted by Gasteiger charge is 2.34. The first-order valence-corrected chi connectivity index (χ1v) is 9.41. The van der Waals surface area contributed by atoms with Crippen LogP contribution in [-0.2, 0) is 22.7 Å². The zero-order valence-electron chi connectivity index (χ0n) is 16.2. The van der Waals surface area contributed by atoms with Gasteiger partial charge in [-0.3, -0.25) is 9.59 Å². The molecule has 28 heavy (non-hydrogen) atoms. The monoisotopic (exact) mass is 383 g/mol. The Hall–Kier alpha value is -3.02. The van der Waals surface area contributed by atoms with Crippen molar-refractivity contribution >= 4 is 11.9 Å². The molecule has 1 aliphatic heterocycles. The fourth-order valence-electron chi connectivity index (χ4n) is 3.19. The fourth-order valence-corrected chi connectivity index (χ4v) is 3.19. The van der Waals surface area contributed by atoms with Crippen LogP contribution in [0.1, 0.15) is 30.0 Å². The molecule has 0 aromatic heterocycles. The standard InChI is InChI=1S/C22H25NO5/c1-3-27-20-10-17(12-23-13-18(22(25)26)11-21(23)24)8-9-19(20)28-14-16-6-4-15(2)5-7-16/h4-10,18H,3,11-14H2,1-2H3,(H,25,26)/t18-/m0/s1. The summed E-state index contributed by atoms with van der Waals surface area (Å²) in [5, 5.41) is 9.12. The van der Waals surface area contributed by atoms with E-state index in [1.165, 1.54) is 5.56 Å². The van der Waals surface area contributed by atoms with Crippen LogP contribution in [0.3, 0.4) is 0 Å². The maximum atomic E-state index is 12.1. The molecule has 2 aromatic rings. The van der Waals surface area contributed by atoms with E-state index in [1.54, 1.807) is 4.90 Å². The van der Waals surface area contributed by atoms with Crippen molar-refractivity contribution in [1.29, 1.82) is 0 Å². The summed E-state index contributed by atoms with van der Waals surface area (Å²) < 4.78 is 11.6. The molecule has 0 saturated carbocycles. The van der Waals surface area contributed by atoms with E-state index in [2.05, 4.69) is 0 Å². The van der Waals surface area contributed by atoms with E-state index in [9.17, 15) is 9.59 Å². The second kappa shape index (κ2) is 8.78. The third-order valence-electron chi connectivity index (χ3n) is 4.76. The van der Waals surface area contributed by atoms with Crippen LogP contribution in [0.25, 0.3) is 0 Å². The lowest BCUT2D eigenvalue weighted by Crippen LogP contribution is -2.25. The Morgan fingerprint density at radius 3 is 2.46 bits per heavy atom. The molecule has 1 saturated heterocycles. The molecule has 3 rings (SSSR count). The Morgan fingerprint density at radius 1 is 1.11 bits per heavy atom. The SMILES string of the molecule is CCOc1cc(CN2C[C@@H](C(=O)O)CC2=O)ccc1OCc1ccc(C)cc1. The largest absolute Gasteiger partial charge is 0.490 e. The molecule has 148 valence electrons. The average molecular weight is 383 g/mol. The van der Waals surface area contributed by atoms with Crippen LogP contribution in [-0.4, -0.2) is 35.0 Å². The van der Waals surface area contributed by atoms with Crippen molar-refractivity contribution < 1.29 is 24.2 Å². The maximum Gasteiger partial charge on any atom is 0.308 e. The highest BCUT2D eigenvalue weighted by Crippen LogP contribution is 2.31. The lowest BCUT2D eigenvalue weighted by molar-refractivity contribution is -0.141. The van der Waals surface area contributed by atoms with Gasteiger partial charge >= 0.3 is 5.97 Å². The van der Waals surface area contributed by atoms with Gasteiger partial charge in [-0.05, 0) is 37.1 Å². The second-order valence-electron chi connectivity index (χ2n) is 7.00. The molecule has 0 unspecified atom stereocenters. The van der Waals surface area contributed by atoms with Gasteiger partial charge in [-0.2, -0.15) is 0 Å². The van der Waals surface area contributed by atoms with Crippen LogP contribution in [0.4, 0.5) is 0 Å². The highest BCUT2D eigenvalue weighted by atomic mass is 16.5. The summed E-state index contributed by atoms with van der Waals surface area (Å²) >= 11 is 0. The van der Waals surface area contributed by atoms with Crippen molar-refractivity contribution in [2.75, 3.05) is 13.2 Å². The number of carbonyl (C=O) groups excluding carboxylic acids is 1. The van der Waals surface area contributed by atoms with Crippen molar-refractivity contribution in [2.24, 2.45) is 5.92 Å². The molecule has 6 heteroatoms. The number of aliphatic carboxylic acids is 1. The topological polar surface area (TPSA) is 76.1 Å². The van der Waals surface area contributed by atoms with Crippen LogP contribution in [0.15, 0.2) is 42.5 Å². The van der Waals surface area contributed by atoms with Gasteiger partial charge in [0.05, 0.1) is 12.5 Å². The van der Waals surface area contributed by atoms with Gasteiger partial charge in [0, 0.05) is 19.5 Å². The van der Waals surface area contributed by atoms with Gasteiger partial charge in [0.25, 0.3) is 0 Å². The van der Waals surface area contributed by atoms with E-state index in [-0.39, 0.29) is 18.9 Å². The van der Waals surface area contributed by atoms with E-state index < -0.39 is 11.9 Å². The number of nitrogens with zero attached hydrogens (tertiary/aromatic N) is 1. The number of hydrogen-bond donors (Lipinski definition) is 1. The molecule has 2 aromatic carbocycles. The minimum atomic E-state index is -0.925. The van der Waals surface area contributed by atoms with Gasteiger partial charge in [0.15, 0.2) is 11.5 Å². The number of aryl methyl sites for hydroxylation is 1. The summed E-state index contributed by atoms with van der Waals surface area (Å²) in [5.74, 6) is -0.428. The van der Waals surface area contributed by atoms with Crippen LogP contribution < -0.4 is 9.47 Å². The molecule has 0 spiro atoms. The number of hydrogen-bond acceptors (Lipinski definition) is 4. The molecular formula is C22H25NO5. The van der Waals surface area contributed by atoms with Gasteiger partial charge < -0.3 is 19.5 Å². The van der Waals surface area contributed by atoms with Crippen molar-refractivity contribution in [2.45, 2.75) is 33.4 Å². The minimum absolute atomic E-state index is 0.0609. The van der Waals surface area contributed by atoms with Crippen molar-refractivity contribution in [3.05, 3.63) is 59.2 Å². The normalized spacial score (nSPS) is 16.3. The lowest BCUT2D eigenvalue weighted by atomic mass is 10.1. The Bertz CT molecular complexity index is 847. The first kappa shape index (κ1) is 19.7. The molecule has 1 atom stereocenters. The smallest absolute Gasteiger partial charge is 0.308 e. The predicted octanol–water partition coefficient (Wildman–Crippen LogP) is 3.41. The average Bonchev–Trinajstić information content (AvgIpc) is 3.03. The fraction of sp³-hybridized carbons (Fsp3) is 0.364. The number of benzene rings is 2. The maximum absolute atomic E-state index is 12.1. The third-order valence-corrected chi connectivity index (χ3v) is 4.76. The third kappa shape index (κ3) is 4.82. The van der Waals surface area contributed by atoms with Gasteiger partial charge in [-0.1, -0.05) is 35.9 Å². The molecule has 1 heterocycles. The number of amides is 1. The Morgan fingerprint density at radius 2 is 1.82 bits per heavy atom. The molecule has 1 amide bonds. The lowest BCUT2D eigenvalue weighted by Gasteiger charge is -2.18. The van der Waals surface area contributed by atoms with Crippen molar-refractivity contribution in [1.82, 2.24) is 4.90 Å². The first-order valence-electron chi connectivity index (χ1n) is 9.41. The van der Waals surface area contributed by atoms with E-state index in [0.717, 1.165) is 11.1 Å². The van der Waals surface area contributed by atoms with Crippen molar-refractivity contribution in [3.63, 3.8) is 0 Å². The highest BCUT2D eigenvalue weighted by molar-refractivity contribution is 5.86. The van der Waals surface area contributed by atoms with Gasteiger partial charge in [0.2, 0.25) is 5.91 Å². The van der Waals surface area contributed by atoms with Crippen LogP contribution >= 0.6 is 0 Å². The first-order chi connectivity index (χ1) is 13.5. The summed E-state index contributed by atoms with van der Waals surface area (Å²) in [6.45, 7) is 5.47. The molecule has 1 fully saturated rings. The zero-order chi connectivity index (χ0) is 20.1. The quantitative estimate of drug-likeness (QED) is 0.756. The van der Waals surface area contributed by atoms with Gasteiger partial charge in [0.1, 0.15) is 6.61 Å². The Kier molecular flexibility index (Phi) is 6.19. The molecule has 1 aliphatic rings. The van der Waals surface area contributed by atoms with E-state index >= 15 is 0 Å². The number of rotatable bonds is 8. The summed E-state index contributed by atoms with van der Waals surface area (Å²) in [6, 6.07) is 13.7. The van der Waals surface area contributed by atoms with E-state index in [4.69, 9.17) is 14.6 Å². The number of likely N-dealkylation sites (tertiary alicyclic amines) is 1. The summed E-state index contributed by atoms with van der Waals surface area (Å²) in [5.41, 5.74) is 3.15. The molecule has 0 bridgehead atoms. The van der Waals surface area contributed by atoms with E-state index in [0.29, 0.717) is 31.3 Å². The summed E-state index contributed by atoms with van der Waals surface area (Å²) in [7, 11) is 0. The molecule has 6 nitrogen and oxygen atoms in total. The minimum Gasteiger partial charge on any atom is -0.490 e. The van der Waals surface area contributed by atoms with E-state index in [1.807, 2.05) is 56.3 Å². The molecule has 0 radical (unpaired) electrons. The van der Waals surface area contributed by atoms with Crippen molar-refractivity contribution in [3.8, 4) is 11.5 Å². The van der Waals surface area contributed by atoms with Crippen LogP contribution in [0.2, 0.25) is 0 Å². The predicted molar refractivity (Wildman–Crippen MR) is 104 cm³/mol. The van der Waals surface area contributed by atoms with Crippen LogP contribution in [0, 0.1) is 12.8 Å².